The van der Waals surface area contributed by atoms with Crippen molar-refractivity contribution in [1.29, 1.82) is 0 Å². The van der Waals surface area contributed by atoms with E-state index in [1.165, 1.54) is 38.5 Å². The lowest BCUT2D eigenvalue weighted by Crippen LogP contribution is -2.59. The largest absolute Gasteiger partial charge is 0.481 e. The summed E-state index contributed by atoms with van der Waals surface area (Å²) in [6.45, 7) is 1.29. The molecule has 0 aromatic heterocycles. The molecule has 5 fully saturated rings. The average Bonchev–Trinajstić information content (AvgIpc) is 2.37. The Morgan fingerprint density at radius 3 is 1.84 bits per heavy atom. The van der Waals surface area contributed by atoms with Crippen molar-refractivity contribution in [3.05, 3.63) is 0 Å². The van der Waals surface area contributed by atoms with Crippen LogP contribution in [0.2, 0.25) is 0 Å². The van der Waals surface area contributed by atoms with Gasteiger partial charge in [-0.3, -0.25) is 4.79 Å². The summed E-state index contributed by atoms with van der Waals surface area (Å²) in [5.74, 6) is 1.94. The third-order valence-electron chi connectivity index (χ3n) is 6.81. The van der Waals surface area contributed by atoms with Gasteiger partial charge in [-0.05, 0) is 74.5 Å². The van der Waals surface area contributed by atoms with Gasteiger partial charge in [0.25, 0.3) is 0 Å². The van der Waals surface area contributed by atoms with Crippen molar-refractivity contribution in [2.45, 2.75) is 51.4 Å². The zero-order valence-electron chi connectivity index (χ0n) is 11.6. The highest BCUT2D eigenvalue weighted by atomic mass is 16.5. The summed E-state index contributed by atoms with van der Waals surface area (Å²) < 4.78 is 5.47. The summed E-state index contributed by atoms with van der Waals surface area (Å²) >= 11 is 0. The molecule has 0 spiro atoms. The molecule has 0 unspecified atom stereocenters. The van der Waals surface area contributed by atoms with Crippen LogP contribution < -0.4 is 0 Å². The summed E-state index contributed by atoms with van der Waals surface area (Å²) in [4.78, 5) is 12.1. The molecule has 5 rings (SSSR count). The Morgan fingerprint density at radius 2 is 1.42 bits per heavy atom. The van der Waals surface area contributed by atoms with Crippen molar-refractivity contribution in [3.8, 4) is 0 Å². The molecule has 0 radical (unpaired) electrons. The summed E-state index contributed by atoms with van der Waals surface area (Å²) in [5, 5.41) is 9.99. The van der Waals surface area contributed by atoms with Crippen molar-refractivity contribution < 1.29 is 14.6 Å². The number of hydrogen-bond acceptors (Lipinski definition) is 2. The maximum absolute atomic E-state index is 12.1. The second-order valence-corrected chi connectivity index (χ2v) is 7.70. The minimum absolute atomic E-state index is 0.108. The Hall–Kier alpha value is -0.570. The van der Waals surface area contributed by atoms with E-state index in [1.54, 1.807) is 0 Å². The quantitative estimate of drug-likeness (QED) is 0.833. The highest BCUT2D eigenvalue weighted by molar-refractivity contribution is 5.76. The normalized spacial score (nSPS) is 47.3. The monoisotopic (exact) mass is 264 g/mol. The third-order valence-corrected chi connectivity index (χ3v) is 6.81. The van der Waals surface area contributed by atoms with Crippen LogP contribution in [0.15, 0.2) is 0 Å². The van der Waals surface area contributed by atoms with Gasteiger partial charge < -0.3 is 9.84 Å². The molecule has 4 bridgehead atoms. The van der Waals surface area contributed by atoms with E-state index in [9.17, 15) is 9.90 Å². The Morgan fingerprint density at radius 1 is 0.947 bits per heavy atom. The van der Waals surface area contributed by atoms with Gasteiger partial charge in [0, 0.05) is 13.2 Å². The number of carboxylic acid groups (broad SMARTS) is 1. The Kier molecular flexibility index (Phi) is 2.55. The molecule has 4 aliphatic carbocycles. The van der Waals surface area contributed by atoms with Gasteiger partial charge in [0.1, 0.15) is 0 Å². The van der Waals surface area contributed by atoms with Crippen molar-refractivity contribution in [3.63, 3.8) is 0 Å². The van der Waals surface area contributed by atoms with Crippen molar-refractivity contribution >= 4 is 5.97 Å². The van der Waals surface area contributed by atoms with E-state index in [0.29, 0.717) is 13.2 Å². The third kappa shape index (κ3) is 1.57. The van der Waals surface area contributed by atoms with Gasteiger partial charge in [-0.15, -0.1) is 0 Å². The first-order valence-electron chi connectivity index (χ1n) is 7.95. The maximum atomic E-state index is 12.1. The van der Waals surface area contributed by atoms with E-state index in [-0.39, 0.29) is 5.41 Å². The molecule has 4 saturated carbocycles. The zero-order chi connectivity index (χ0) is 13.1. The fourth-order valence-electron chi connectivity index (χ4n) is 6.39. The number of ether oxygens (including phenoxy) is 1. The predicted molar refractivity (Wildman–Crippen MR) is 70.7 cm³/mol. The fraction of sp³-hybridized carbons (Fsp3) is 0.938. The Labute approximate surface area is 114 Å². The van der Waals surface area contributed by atoms with Crippen LogP contribution in [0.3, 0.4) is 0 Å². The SMILES string of the molecule is O=C(O)C1(C23CC4CC(CC(C4)C2)C3)CCOCC1. The lowest BCUT2D eigenvalue weighted by molar-refractivity contribution is -0.194. The van der Waals surface area contributed by atoms with Crippen LogP contribution in [0.1, 0.15) is 51.4 Å². The summed E-state index contributed by atoms with van der Waals surface area (Å²) in [6.07, 6.45) is 9.19. The lowest BCUT2D eigenvalue weighted by atomic mass is 9.41. The van der Waals surface area contributed by atoms with Crippen LogP contribution >= 0.6 is 0 Å². The van der Waals surface area contributed by atoms with Gasteiger partial charge in [-0.25, -0.2) is 0 Å². The van der Waals surface area contributed by atoms with Crippen molar-refractivity contribution in [1.82, 2.24) is 0 Å². The molecular formula is C16H24O3. The van der Waals surface area contributed by atoms with Gasteiger partial charge in [0.05, 0.1) is 5.41 Å². The Balaban J connectivity index is 1.74. The first-order chi connectivity index (χ1) is 9.14. The molecule has 0 amide bonds. The number of aliphatic carboxylic acids is 1. The highest BCUT2D eigenvalue weighted by Crippen LogP contribution is 2.68. The van der Waals surface area contributed by atoms with Crippen LogP contribution in [0.25, 0.3) is 0 Å². The van der Waals surface area contributed by atoms with Gasteiger partial charge in [0.2, 0.25) is 0 Å². The molecule has 5 aliphatic rings. The minimum Gasteiger partial charge on any atom is -0.481 e. The zero-order valence-corrected chi connectivity index (χ0v) is 11.6. The number of rotatable bonds is 2. The van der Waals surface area contributed by atoms with Gasteiger partial charge in [0.15, 0.2) is 0 Å². The van der Waals surface area contributed by atoms with Crippen LogP contribution in [-0.4, -0.2) is 24.3 Å². The van der Waals surface area contributed by atoms with Crippen LogP contribution in [0.4, 0.5) is 0 Å². The molecule has 106 valence electrons. The first kappa shape index (κ1) is 12.2. The summed E-state index contributed by atoms with van der Waals surface area (Å²) in [6, 6.07) is 0. The van der Waals surface area contributed by atoms with Crippen LogP contribution in [-0.2, 0) is 9.53 Å². The standard InChI is InChI=1S/C16H24O3/c17-14(18)16(1-3-19-4-2-16)15-8-11-5-12(9-15)7-13(6-11)10-15/h11-13H,1-10H2,(H,17,18). The number of hydrogen-bond donors (Lipinski definition) is 1. The van der Waals surface area contributed by atoms with E-state index in [1.807, 2.05) is 0 Å². The van der Waals surface area contributed by atoms with E-state index in [0.717, 1.165) is 30.6 Å². The molecule has 0 atom stereocenters. The smallest absolute Gasteiger partial charge is 0.310 e. The van der Waals surface area contributed by atoms with E-state index >= 15 is 0 Å². The summed E-state index contributed by atoms with van der Waals surface area (Å²) in [7, 11) is 0. The molecule has 1 heterocycles. The van der Waals surface area contributed by atoms with Gasteiger partial charge >= 0.3 is 5.97 Å². The van der Waals surface area contributed by atoms with E-state index in [2.05, 4.69) is 0 Å². The molecule has 3 heteroatoms. The minimum atomic E-state index is -0.530. The van der Waals surface area contributed by atoms with Crippen LogP contribution in [0, 0.1) is 28.6 Å². The highest BCUT2D eigenvalue weighted by Gasteiger charge is 2.63. The van der Waals surface area contributed by atoms with E-state index in [4.69, 9.17) is 4.74 Å². The van der Waals surface area contributed by atoms with E-state index < -0.39 is 11.4 Å². The number of carboxylic acids is 1. The molecule has 1 N–H and O–H groups in total. The Bertz CT molecular complexity index is 360. The molecule has 0 aromatic rings. The molecule has 3 nitrogen and oxygen atoms in total. The maximum Gasteiger partial charge on any atom is 0.310 e. The fourth-order valence-corrected chi connectivity index (χ4v) is 6.39. The second kappa shape index (κ2) is 3.97. The van der Waals surface area contributed by atoms with Gasteiger partial charge in [-0.1, -0.05) is 0 Å². The second-order valence-electron chi connectivity index (χ2n) is 7.70. The molecule has 19 heavy (non-hydrogen) atoms. The van der Waals surface area contributed by atoms with Crippen LogP contribution in [0.5, 0.6) is 0 Å². The average molecular weight is 264 g/mol. The predicted octanol–water partition coefficient (Wildman–Crippen LogP) is 3.08. The topological polar surface area (TPSA) is 46.5 Å². The van der Waals surface area contributed by atoms with Gasteiger partial charge in [-0.2, -0.15) is 0 Å². The van der Waals surface area contributed by atoms with Crippen molar-refractivity contribution in [2.75, 3.05) is 13.2 Å². The molecular weight excluding hydrogens is 240 g/mol. The molecule has 1 aliphatic heterocycles. The summed E-state index contributed by atoms with van der Waals surface area (Å²) in [5.41, 5.74) is -0.362. The number of carbonyl (C=O) groups is 1. The van der Waals surface area contributed by atoms with Crippen molar-refractivity contribution in [2.24, 2.45) is 28.6 Å². The molecule has 0 aromatic carbocycles. The first-order valence-corrected chi connectivity index (χ1v) is 7.95. The molecule has 1 saturated heterocycles. The lowest BCUT2D eigenvalue weighted by Gasteiger charge is -2.63.